The second-order valence-corrected chi connectivity index (χ2v) is 7.24. The van der Waals surface area contributed by atoms with Crippen LogP contribution in [0.5, 0.6) is 0 Å². The third-order valence-corrected chi connectivity index (χ3v) is 4.71. The Morgan fingerprint density at radius 2 is 2.08 bits per heavy atom. The van der Waals surface area contributed by atoms with Crippen LogP contribution < -0.4 is 10.2 Å². The highest BCUT2D eigenvalue weighted by atomic mass is 16.5. The molecule has 2 saturated heterocycles. The number of hydrogen-bond donors (Lipinski definition) is 1. The fourth-order valence-electron chi connectivity index (χ4n) is 3.42. The maximum Gasteiger partial charge on any atom is 0.234 e. The molecule has 0 radical (unpaired) electrons. The van der Waals surface area contributed by atoms with Gasteiger partial charge in [-0.1, -0.05) is 0 Å². The van der Waals surface area contributed by atoms with Crippen LogP contribution in [0.15, 0.2) is 6.07 Å². The first-order chi connectivity index (χ1) is 12.0. The third-order valence-electron chi connectivity index (χ3n) is 4.71. The largest absolute Gasteiger partial charge is 0.381 e. The molecule has 0 spiro atoms. The zero-order valence-corrected chi connectivity index (χ0v) is 15.5. The molecule has 1 aromatic rings. The number of nitrogens with zero attached hydrogens (tertiary/aromatic N) is 4. The van der Waals surface area contributed by atoms with Crippen LogP contribution in [0, 0.1) is 6.92 Å². The topological polar surface area (TPSA) is 70.6 Å². The summed E-state index contributed by atoms with van der Waals surface area (Å²) in [4.78, 5) is 25.7. The summed E-state index contributed by atoms with van der Waals surface area (Å²) in [5.41, 5.74) is 1.10. The number of piperazine rings is 1. The van der Waals surface area contributed by atoms with E-state index in [-0.39, 0.29) is 11.9 Å². The van der Waals surface area contributed by atoms with Gasteiger partial charge in [0.25, 0.3) is 0 Å². The number of hydrogen-bond acceptors (Lipinski definition) is 6. The van der Waals surface area contributed by atoms with E-state index < -0.39 is 0 Å². The van der Waals surface area contributed by atoms with E-state index in [1.54, 1.807) is 0 Å². The summed E-state index contributed by atoms with van der Waals surface area (Å²) in [7, 11) is 0. The SMILES string of the molecule is Cc1nc([C@H]2CCOC2)cc(N2CCN(CC(=O)NC(C)C)CC2)n1. The summed E-state index contributed by atoms with van der Waals surface area (Å²) in [6.07, 6.45) is 1.04. The van der Waals surface area contributed by atoms with E-state index in [0.717, 1.165) is 63.1 Å². The van der Waals surface area contributed by atoms with Crippen LogP contribution in [0.2, 0.25) is 0 Å². The van der Waals surface area contributed by atoms with E-state index in [4.69, 9.17) is 4.74 Å². The summed E-state index contributed by atoms with van der Waals surface area (Å²) in [6.45, 7) is 11.5. The smallest absolute Gasteiger partial charge is 0.234 e. The Bertz CT molecular complexity index is 593. The van der Waals surface area contributed by atoms with Crippen molar-refractivity contribution in [2.24, 2.45) is 0 Å². The van der Waals surface area contributed by atoms with Crippen molar-refractivity contribution >= 4 is 11.7 Å². The molecular weight excluding hydrogens is 318 g/mol. The van der Waals surface area contributed by atoms with Crippen LogP contribution in [-0.2, 0) is 9.53 Å². The maximum atomic E-state index is 11.9. The molecule has 0 saturated carbocycles. The Morgan fingerprint density at radius 3 is 2.72 bits per heavy atom. The first kappa shape index (κ1) is 18.1. The molecule has 2 aliphatic heterocycles. The molecule has 7 heteroatoms. The molecule has 7 nitrogen and oxygen atoms in total. The Balaban J connectivity index is 1.58. The summed E-state index contributed by atoms with van der Waals surface area (Å²) in [6, 6.07) is 2.31. The van der Waals surface area contributed by atoms with Crippen LogP contribution in [-0.4, -0.2) is 72.8 Å². The number of aromatic nitrogens is 2. The fraction of sp³-hybridized carbons (Fsp3) is 0.722. The number of carbonyl (C=O) groups is 1. The summed E-state index contributed by atoms with van der Waals surface area (Å²) >= 11 is 0. The summed E-state index contributed by atoms with van der Waals surface area (Å²) in [5.74, 6) is 2.31. The molecule has 1 atom stereocenters. The van der Waals surface area contributed by atoms with E-state index in [1.165, 1.54) is 0 Å². The van der Waals surface area contributed by atoms with Gasteiger partial charge < -0.3 is 15.0 Å². The van der Waals surface area contributed by atoms with Crippen LogP contribution in [0.4, 0.5) is 5.82 Å². The fourth-order valence-corrected chi connectivity index (χ4v) is 3.42. The van der Waals surface area contributed by atoms with Crippen LogP contribution in [0.25, 0.3) is 0 Å². The molecule has 0 aliphatic carbocycles. The molecular formula is C18H29N5O2. The standard InChI is InChI=1S/C18H29N5O2/c1-13(2)19-18(24)11-22-5-7-23(8-6-22)17-10-16(20-14(3)21-17)15-4-9-25-12-15/h10,13,15H,4-9,11-12H2,1-3H3,(H,19,24)/t15-/m0/s1. The van der Waals surface area contributed by atoms with Gasteiger partial charge in [0.1, 0.15) is 11.6 Å². The monoisotopic (exact) mass is 347 g/mol. The van der Waals surface area contributed by atoms with E-state index in [1.807, 2.05) is 20.8 Å². The van der Waals surface area contributed by atoms with Gasteiger partial charge in [-0.3, -0.25) is 9.69 Å². The van der Waals surface area contributed by atoms with Crippen molar-refractivity contribution in [2.45, 2.75) is 39.2 Å². The highest BCUT2D eigenvalue weighted by Crippen LogP contribution is 2.26. The average Bonchev–Trinajstić information content (AvgIpc) is 3.08. The number of rotatable bonds is 5. The lowest BCUT2D eigenvalue weighted by Crippen LogP contribution is -2.50. The number of anilines is 1. The van der Waals surface area contributed by atoms with Crippen molar-refractivity contribution in [1.82, 2.24) is 20.2 Å². The van der Waals surface area contributed by atoms with Crippen molar-refractivity contribution in [3.05, 3.63) is 17.6 Å². The zero-order chi connectivity index (χ0) is 17.8. The minimum atomic E-state index is 0.102. The lowest BCUT2D eigenvalue weighted by Gasteiger charge is -2.35. The molecule has 1 aromatic heterocycles. The van der Waals surface area contributed by atoms with E-state index in [0.29, 0.717) is 12.5 Å². The maximum absolute atomic E-state index is 11.9. The van der Waals surface area contributed by atoms with E-state index in [9.17, 15) is 4.79 Å². The van der Waals surface area contributed by atoms with Crippen LogP contribution in [0.1, 0.15) is 37.7 Å². The van der Waals surface area contributed by atoms with Crippen molar-refractivity contribution in [3.8, 4) is 0 Å². The molecule has 2 aliphatic rings. The van der Waals surface area contributed by atoms with Gasteiger partial charge in [0.05, 0.1) is 18.8 Å². The normalized spacial score (nSPS) is 21.8. The highest BCUT2D eigenvalue weighted by Gasteiger charge is 2.24. The summed E-state index contributed by atoms with van der Waals surface area (Å²) < 4.78 is 5.50. The minimum Gasteiger partial charge on any atom is -0.381 e. The van der Waals surface area contributed by atoms with Gasteiger partial charge in [0.15, 0.2) is 0 Å². The highest BCUT2D eigenvalue weighted by molar-refractivity contribution is 5.78. The van der Waals surface area contributed by atoms with Crippen molar-refractivity contribution < 1.29 is 9.53 Å². The van der Waals surface area contributed by atoms with Crippen LogP contribution >= 0.6 is 0 Å². The van der Waals surface area contributed by atoms with Crippen LogP contribution in [0.3, 0.4) is 0 Å². The predicted molar refractivity (Wildman–Crippen MR) is 96.9 cm³/mol. The lowest BCUT2D eigenvalue weighted by atomic mass is 10.0. The van der Waals surface area contributed by atoms with E-state index in [2.05, 4.69) is 31.2 Å². The quantitative estimate of drug-likeness (QED) is 0.855. The molecule has 2 fully saturated rings. The van der Waals surface area contributed by atoms with Gasteiger partial charge in [-0.2, -0.15) is 0 Å². The van der Waals surface area contributed by atoms with Gasteiger partial charge >= 0.3 is 0 Å². The number of aryl methyl sites for hydroxylation is 1. The van der Waals surface area contributed by atoms with Crippen molar-refractivity contribution in [1.29, 1.82) is 0 Å². The van der Waals surface area contributed by atoms with Gasteiger partial charge in [-0.05, 0) is 27.2 Å². The minimum absolute atomic E-state index is 0.102. The second-order valence-electron chi connectivity index (χ2n) is 7.24. The molecule has 0 unspecified atom stereocenters. The molecule has 3 rings (SSSR count). The molecule has 138 valence electrons. The van der Waals surface area contributed by atoms with E-state index >= 15 is 0 Å². The molecule has 25 heavy (non-hydrogen) atoms. The van der Waals surface area contributed by atoms with Gasteiger partial charge in [-0.15, -0.1) is 0 Å². The zero-order valence-electron chi connectivity index (χ0n) is 15.5. The number of ether oxygens (including phenoxy) is 1. The Labute approximate surface area is 149 Å². The first-order valence-corrected chi connectivity index (χ1v) is 9.21. The summed E-state index contributed by atoms with van der Waals surface area (Å²) in [5, 5.41) is 2.95. The predicted octanol–water partition coefficient (Wildman–Crippen LogP) is 0.936. The van der Waals surface area contributed by atoms with Crippen molar-refractivity contribution in [2.75, 3.05) is 50.8 Å². The Kier molecular flexibility index (Phi) is 5.86. The second kappa shape index (κ2) is 8.10. The third kappa shape index (κ3) is 4.89. The molecule has 1 N–H and O–H groups in total. The molecule has 0 aromatic carbocycles. The lowest BCUT2D eigenvalue weighted by molar-refractivity contribution is -0.122. The molecule has 3 heterocycles. The van der Waals surface area contributed by atoms with Crippen molar-refractivity contribution in [3.63, 3.8) is 0 Å². The number of nitrogens with one attached hydrogen (secondary N) is 1. The Hall–Kier alpha value is -1.73. The average molecular weight is 347 g/mol. The van der Waals surface area contributed by atoms with Gasteiger partial charge in [0.2, 0.25) is 5.91 Å². The number of amides is 1. The van der Waals surface area contributed by atoms with Gasteiger partial charge in [0, 0.05) is 50.8 Å². The number of carbonyl (C=O) groups excluding carboxylic acids is 1. The molecule has 1 amide bonds. The Morgan fingerprint density at radius 1 is 1.32 bits per heavy atom. The van der Waals surface area contributed by atoms with Gasteiger partial charge in [-0.25, -0.2) is 9.97 Å². The first-order valence-electron chi connectivity index (χ1n) is 9.21. The molecule has 0 bridgehead atoms.